The highest BCUT2D eigenvalue weighted by atomic mass is 19.1. The smallest absolute Gasteiger partial charge is 0.291 e. The van der Waals surface area contributed by atoms with E-state index in [2.05, 4.69) is 4.98 Å². The van der Waals surface area contributed by atoms with E-state index in [1.807, 2.05) is 4.90 Å². The van der Waals surface area contributed by atoms with Crippen LogP contribution in [-0.4, -0.2) is 46.2 Å². The summed E-state index contributed by atoms with van der Waals surface area (Å²) in [5, 5.41) is 0. The van der Waals surface area contributed by atoms with Gasteiger partial charge in [0.2, 0.25) is 11.7 Å². The summed E-state index contributed by atoms with van der Waals surface area (Å²) < 4.78 is 18.3. The number of rotatable bonds is 3. The number of nitrogens with zero attached hydrogens (tertiary/aromatic N) is 3. The summed E-state index contributed by atoms with van der Waals surface area (Å²) >= 11 is 0. The zero-order valence-electron chi connectivity index (χ0n) is 15.3. The fourth-order valence-corrected chi connectivity index (χ4v) is 4.19. The zero-order chi connectivity index (χ0) is 19.0. The molecule has 0 bridgehead atoms. The van der Waals surface area contributed by atoms with Crippen molar-refractivity contribution < 1.29 is 18.4 Å². The number of hydrogen-bond acceptors (Lipinski definition) is 4. The monoisotopic (exact) mass is 371 g/mol. The van der Waals surface area contributed by atoms with Crippen LogP contribution in [0.3, 0.4) is 0 Å². The minimum Gasteiger partial charge on any atom is -0.438 e. The van der Waals surface area contributed by atoms with E-state index in [9.17, 15) is 14.0 Å². The van der Waals surface area contributed by atoms with Gasteiger partial charge in [-0.15, -0.1) is 0 Å². The number of aromatic nitrogens is 1. The van der Waals surface area contributed by atoms with Crippen molar-refractivity contribution in [3.8, 4) is 0 Å². The van der Waals surface area contributed by atoms with Crippen molar-refractivity contribution in [1.29, 1.82) is 0 Å². The summed E-state index contributed by atoms with van der Waals surface area (Å²) in [6.45, 7) is 3.84. The van der Waals surface area contributed by atoms with Gasteiger partial charge in [-0.2, -0.15) is 0 Å². The lowest BCUT2D eigenvalue weighted by atomic mass is 9.78. The number of likely N-dealkylation sites (tertiary alicyclic amines) is 2. The molecule has 7 heteroatoms. The molecule has 2 saturated heterocycles. The maximum atomic E-state index is 13.2. The SMILES string of the molecule is Cc1ncoc1C(=O)N1CC[C@]2(CCCN(Cc3ccc(F)cc3)C2=O)C1. The third-order valence-corrected chi connectivity index (χ3v) is 5.69. The van der Waals surface area contributed by atoms with Crippen LogP contribution in [0.25, 0.3) is 0 Å². The van der Waals surface area contributed by atoms with Crippen molar-refractivity contribution in [3.05, 3.63) is 53.5 Å². The highest BCUT2D eigenvalue weighted by Gasteiger charge is 2.49. The molecular formula is C20H22FN3O3. The second-order valence-electron chi connectivity index (χ2n) is 7.48. The third-order valence-electron chi connectivity index (χ3n) is 5.69. The van der Waals surface area contributed by atoms with Crippen LogP contribution >= 0.6 is 0 Å². The summed E-state index contributed by atoms with van der Waals surface area (Å²) in [4.78, 5) is 33.4. The van der Waals surface area contributed by atoms with Gasteiger partial charge in [-0.1, -0.05) is 12.1 Å². The number of hydrogen-bond donors (Lipinski definition) is 0. The minimum absolute atomic E-state index is 0.0858. The fourth-order valence-electron chi connectivity index (χ4n) is 4.19. The van der Waals surface area contributed by atoms with Gasteiger partial charge >= 0.3 is 0 Å². The molecule has 0 aliphatic carbocycles. The third kappa shape index (κ3) is 3.22. The molecule has 1 aromatic carbocycles. The number of amides is 2. The van der Waals surface area contributed by atoms with Crippen molar-refractivity contribution in [2.75, 3.05) is 19.6 Å². The molecule has 2 aliphatic heterocycles. The van der Waals surface area contributed by atoms with Crippen LogP contribution in [0.4, 0.5) is 4.39 Å². The molecule has 0 radical (unpaired) electrons. The van der Waals surface area contributed by atoms with E-state index in [4.69, 9.17) is 4.42 Å². The predicted molar refractivity (Wildman–Crippen MR) is 95.2 cm³/mol. The molecule has 0 saturated carbocycles. The topological polar surface area (TPSA) is 66.7 Å². The number of carbonyl (C=O) groups is 2. The maximum Gasteiger partial charge on any atom is 0.291 e. The largest absolute Gasteiger partial charge is 0.438 e. The molecule has 4 rings (SSSR count). The highest BCUT2D eigenvalue weighted by Crippen LogP contribution is 2.41. The van der Waals surface area contributed by atoms with Gasteiger partial charge in [0.05, 0.1) is 11.1 Å². The van der Waals surface area contributed by atoms with Crippen molar-refractivity contribution >= 4 is 11.8 Å². The van der Waals surface area contributed by atoms with E-state index in [1.165, 1.54) is 18.5 Å². The standard InChI is InChI=1S/C20H22FN3O3/c1-14-17(27-13-22-14)18(25)24-10-8-20(12-24)7-2-9-23(19(20)26)11-15-3-5-16(21)6-4-15/h3-6,13H,2,7-12H2,1H3/t20-/m1/s1. The number of oxazole rings is 1. The lowest BCUT2D eigenvalue weighted by Gasteiger charge is -2.39. The van der Waals surface area contributed by atoms with Crippen molar-refractivity contribution in [2.45, 2.75) is 32.7 Å². The number of piperidine rings is 1. The Morgan fingerprint density at radius 1 is 1.26 bits per heavy atom. The Balaban J connectivity index is 1.48. The van der Waals surface area contributed by atoms with Gasteiger partial charge in [-0.05, 0) is 43.9 Å². The molecule has 6 nitrogen and oxygen atoms in total. The Bertz CT molecular complexity index is 864. The average Bonchev–Trinajstić information content (AvgIpc) is 3.28. The Kier molecular flexibility index (Phi) is 4.45. The number of halogens is 1. The van der Waals surface area contributed by atoms with Gasteiger partial charge < -0.3 is 14.2 Å². The van der Waals surface area contributed by atoms with E-state index in [0.29, 0.717) is 38.3 Å². The summed E-state index contributed by atoms with van der Waals surface area (Å²) in [7, 11) is 0. The van der Waals surface area contributed by atoms with E-state index < -0.39 is 5.41 Å². The summed E-state index contributed by atoms with van der Waals surface area (Å²) in [5.74, 6) is -0.153. The van der Waals surface area contributed by atoms with Crippen LogP contribution < -0.4 is 0 Å². The zero-order valence-corrected chi connectivity index (χ0v) is 15.3. The van der Waals surface area contributed by atoms with Gasteiger partial charge in [-0.3, -0.25) is 9.59 Å². The van der Waals surface area contributed by atoms with Crippen molar-refractivity contribution in [2.24, 2.45) is 5.41 Å². The van der Waals surface area contributed by atoms with Crippen LogP contribution in [0, 0.1) is 18.2 Å². The molecule has 0 unspecified atom stereocenters. The Hall–Kier alpha value is -2.70. The quantitative estimate of drug-likeness (QED) is 0.832. The Labute approximate surface area is 157 Å². The van der Waals surface area contributed by atoms with Crippen LogP contribution in [0.5, 0.6) is 0 Å². The first-order chi connectivity index (χ1) is 13.0. The molecule has 1 spiro atoms. The molecule has 2 fully saturated rings. The first-order valence-electron chi connectivity index (χ1n) is 9.22. The minimum atomic E-state index is -0.526. The summed E-state index contributed by atoms with van der Waals surface area (Å²) in [6, 6.07) is 6.24. The molecule has 2 amide bonds. The van der Waals surface area contributed by atoms with Crippen LogP contribution in [0.1, 0.15) is 41.1 Å². The van der Waals surface area contributed by atoms with E-state index in [1.54, 1.807) is 24.0 Å². The highest BCUT2D eigenvalue weighted by molar-refractivity contribution is 5.94. The molecule has 2 aliphatic rings. The average molecular weight is 371 g/mol. The molecule has 1 atom stereocenters. The Morgan fingerprint density at radius 3 is 2.74 bits per heavy atom. The molecule has 142 valence electrons. The van der Waals surface area contributed by atoms with Crippen LogP contribution in [-0.2, 0) is 11.3 Å². The molecular weight excluding hydrogens is 349 g/mol. The van der Waals surface area contributed by atoms with Gasteiger partial charge in [0.1, 0.15) is 5.82 Å². The second kappa shape index (κ2) is 6.79. The maximum absolute atomic E-state index is 13.2. The van der Waals surface area contributed by atoms with Crippen molar-refractivity contribution in [1.82, 2.24) is 14.8 Å². The van der Waals surface area contributed by atoms with Gasteiger partial charge in [0.25, 0.3) is 5.91 Å². The van der Waals surface area contributed by atoms with E-state index >= 15 is 0 Å². The fraction of sp³-hybridized carbons (Fsp3) is 0.450. The Morgan fingerprint density at radius 2 is 2.04 bits per heavy atom. The molecule has 3 heterocycles. The van der Waals surface area contributed by atoms with E-state index in [0.717, 1.165) is 18.4 Å². The first kappa shape index (κ1) is 17.7. The molecule has 0 N–H and O–H groups in total. The van der Waals surface area contributed by atoms with Gasteiger partial charge in [0.15, 0.2) is 6.39 Å². The van der Waals surface area contributed by atoms with Crippen LogP contribution in [0.15, 0.2) is 35.1 Å². The van der Waals surface area contributed by atoms with Gasteiger partial charge in [0, 0.05) is 26.2 Å². The molecule has 27 heavy (non-hydrogen) atoms. The lowest BCUT2D eigenvalue weighted by molar-refractivity contribution is -0.146. The molecule has 2 aromatic rings. The van der Waals surface area contributed by atoms with Crippen molar-refractivity contribution in [3.63, 3.8) is 0 Å². The molecule has 1 aromatic heterocycles. The second-order valence-corrected chi connectivity index (χ2v) is 7.48. The first-order valence-corrected chi connectivity index (χ1v) is 9.22. The van der Waals surface area contributed by atoms with Gasteiger partial charge in [-0.25, -0.2) is 9.37 Å². The summed E-state index contributed by atoms with van der Waals surface area (Å²) in [6.07, 6.45) is 3.61. The number of benzene rings is 1. The normalized spacial score (nSPS) is 22.7. The number of aryl methyl sites for hydroxylation is 1. The van der Waals surface area contributed by atoms with E-state index in [-0.39, 0.29) is 23.4 Å². The predicted octanol–water partition coefficient (Wildman–Crippen LogP) is 2.78. The number of carbonyl (C=O) groups excluding carboxylic acids is 2. The van der Waals surface area contributed by atoms with Crippen LogP contribution in [0.2, 0.25) is 0 Å². The lowest BCUT2D eigenvalue weighted by Crippen LogP contribution is -2.50. The summed E-state index contributed by atoms with van der Waals surface area (Å²) in [5.41, 5.74) is 0.945.